The quantitative estimate of drug-likeness (QED) is 0.766. The summed E-state index contributed by atoms with van der Waals surface area (Å²) in [6, 6.07) is 11.9. The van der Waals surface area contributed by atoms with Crippen molar-refractivity contribution in [2.45, 2.75) is 25.4 Å². The SMILES string of the molecule is O=C(CC[C@H]1NC(=O)c2ccccc2NC1=O)NCc1cccc(F)c1. The lowest BCUT2D eigenvalue weighted by molar-refractivity contribution is -0.122. The first-order valence-corrected chi connectivity index (χ1v) is 8.25. The van der Waals surface area contributed by atoms with Crippen molar-refractivity contribution >= 4 is 23.4 Å². The van der Waals surface area contributed by atoms with Gasteiger partial charge in [-0.2, -0.15) is 0 Å². The molecule has 2 aromatic rings. The molecule has 26 heavy (non-hydrogen) atoms. The fourth-order valence-electron chi connectivity index (χ4n) is 2.73. The highest BCUT2D eigenvalue weighted by molar-refractivity contribution is 6.09. The number of fused-ring (bicyclic) bond motifs is 1. The fraction of sp³-hybridized carbons (Fsp3) is 0.211. The molecule has 0 radical (unpaired) electrons. The minimum absolute atomic E-state index is 0.0596. The first-order chi connectivity index (χ1) is 12.5. The smallest absolute Gasteiger partial charge is 0.254 e. The van der Waals surface area contributed by atoms with Gasteiger partial charge < -0.3 is 16.0 Å². The molecule has 0 saturated heterocycles. The number of hydrogen-bond donors (Lipinski definition) is 3. The van der Waals surface area contributed by atoms with E-state index in [1.807, 2.05) is 0 Å². The zero-order chi connectivity index (χ0) is 18.5. The summed E-state index contributed by atoms with van der Waals surface area (Å²) in [5.74, 6) is -1.36. The number of para-hydroxylation sites is 1. The number of carbonyl (C=O) groups is 3. The number of amides is 3. The minimum Gasteiger partial charge on any atom is -0.352 e. The van der Waals surface area contributed by atoms with Gasteiger partial charge in [0.15, 0.2) is 0 Å². The highest BCUT2D eigenvalue weighted by Crippen LogP contribution is 2.19. The van der Waals surface area contributed by atoms with Gasteiger partial charge in [0.25, 0.3) is 5.91 Å². The van der Waals surface area contributed by atoms with Crippen LogP contribution in [0.3, 0.4) is 0 Å². The molecule has 134 valence electrons. The summed E-state index contributed by atoms with van der Waals surface area (Å²) in [4.78, 5) is 36.4. The molecular weight excluding hydrogens is 337 g/mol. The van der Waals surface area contributed by atoms with Crippen molar-refractivity contribution in [3.8, 4) is 0 Å². The molecule has 0 aromatic heterocycles. The van der Waals surface area contributed by atoms with Crippen molar-refractivity contribution in [3.63, 3.8) is 0 Å². The molecular formula is C19H18FN3O3. The molecule has 0 saturated carbocycles. The maximum absolute atomic E-state index is 13.1. The summed E-state index contributed by atoms with van der Waals surface area (Å²) < 4.78 is 13.1. The molecule has 1 heterocycles. The monoisotopic (exact) mass is 355 g/mol. The van der Waals surface area contributed by atoms with E-state index in [0.29, 0.717) is 16.8 Å². The molecule has 0 fully saturated rings. The largest absolute Gasteiger partial charge is 0.352 e. The molecule has 3 amide bonds. The van der Waals surface area contributed by atoms with Gasteiger partial charge >= 0.3 is 0 Å². The van der Waals surface area contributed by atoms with E-state index in [2.05, 4.69) is 16.0 Å². The molecule has 7 heteroatoms. The number of halogens is 1. The van der Waals surface area contributed by atoms with Crippen LogP contribution in [0.4, 0.5) is 10.1 Å². The number of rotatable bonds is 5. The van der Waals surface area contributed by atoms with Gasteiger partial charge in [0.05, 0.1) is 11.3 Å². The lowest BCUT2D eigenvalue weighted by atomic mass is 10.1. The van der Waals surface area contributed by atoms with Crippen LogP contribution in [0.2, 0.25) is 0 Å². The maximum atomic E-state index is 13.1. The van der Waals surface area contributed by atoms with Crippen molar-refractivity contribution in [2.24, 2.45) is 0 Å². The van der Waals surface area contributed by atoms with Gasteiger partial charge in [0.2, 0.25) is 11.8 Å². The van der Waals surface area contributed by atoms with E-state index in [-0.39, 0.29) is 42.9 Å². The van der Waals surface area contributed by atoms with Gasteiger partial charge in [-0.25, -0.2) is 4.39 Å². The lowest BCUT2D eigenvalue weighted by Crippen LogP contribution is -2.42. The third kappa shape index (κ3) is 4.24. The van der Waals surface area contributed by atoms with E-state index in [0.717, 1.165) is 0 Å². The number of hydrogen-bond acceptors (Lipinski definition) is 3. The summed E-state index contributed by atoms with van der Waals surface area (Å²) >= 11 is 0. The predicted octanol–water partition coefficient (Wildman–Crippen LogP) is 1.97. The van der Waals surface area contributed by atoms with Gasteiger partial charge in [-0.3, -0.25) is 14.4 Å². The Morgan fingerprint density at radius 1 is 1.12 bits per heavy atom. The highest BCUT2D eigenvalue weighted by atomic mass is 19.1. The van der Waals surface area contributed by atoms with Crippen molar-refractivity contribution in [1.29, 1.82) is 0 Å². The Kier molecular flexibility index (Phi) is 5.26. The topological polar surface area (TPSA) is 87.3 Å². The fourth-order valence-corrected chi connectivity index (χ4v) is 2.73. The Labute approximate surface area is 149 Å². The van der Waals surface area contributed by atoms with Crippen LogP contribution in [0.25, 0.3) is 0 Å². The third-order valence-corrected chi connectivity index (χ3v) is 4.09. The molecule has 0 bridgehead atoms. The molecule has 0 unspecified atom stereocenters. The Hall–Kier alpha value is -3.22. The van der Waals surface area contributed by atoms with E-state index >= 15 is 0 Å². The summed E-state index contributed by atoms with van der Waals surface area (Å²) in [6.45, 7) is 0.200. The molecule has 6 nitrogen and oxygen atoms in total. The van der Waals surface area contributed by atoms with E-state index in [4.69, 9.17) is 0 Å². The molecule has 0 aliphatic carbocycles. The highest BCUT2D eigenvalue weighted by Gasteiger charge is 2.27. The normalized spacial score (nSPS) is 16.1. The van der Waals surface area contributed by atoms with Crippen LogP contribution in [0.15, 0.2) is 48.5 Å². The standard InChI is InChI=1S/C19H18FN3O3/c20-13-5-3-4-12(10-13)11-21-17(24)9-8-16-19(26)22-15-7-2-1-6-14(15)18(25)23-16/h1-7,10,16H,8-9,11H2,(H,21,24)(H,22,26)(H,23,25)/t16-/m1/s1. The van der Waals surface area contributed by atoms with Crippen molar-refractivity contribution in [3.05, 3.63) is 65.5 Å². The second-order valence-electron chi connectivity index (χ2n) is 6.01. The Morgan fingerprint density at radius 3 is 2.73 bits per heavy atom. The first kappa shape index (κ1) is 17.6. The van der Waals surface area contributed by atoms with Crippen LogP contribution in [0.1, 0.15) is 28.8 Å². The number of carbonyl (C=O) groups excluding carboxylic acids is 3. The van der Waals surface area contributed by atoms with Gasteiger partial charge in [-0.15, -0.1) is 0 Å². The molecule has 0 spiro atoms. The molecule has 3 rings (SSSR count). The second kappa shape index (κ2) is 7.77. The molecule has 1 aliphatic rings. The Morgan fingerprint density at radius 2 is 1.92 bits per heavy atom. The number of anilines is 1. The van der Waals surface area contributed by atoms with Crippen molar-refractivity contribution < 1.29 is 18.8 Å². The number of nitrogens with one attached hydrogen (secondary N) is 3. The average Bonchev–Trinajstić information content (AvgIpc) is 2.75. The Balaban J connectivity index is 1.53. The zero-order valence-corrected chi connectivity index (χ0v) is 13.9. The van der Waals surface area contributed by atoms with Gasteiger partial charge in [-0.1, -0.05) is 24.3 Å². The number of benzene rings is 2. The van der Waals surface area contributed by atoms with Crippen LogP contribution in [-0.4, -0.2) is 23.8 Å². The van der Waals surface area contributed by atoms with E-state index in [1.54, 1.807) is 36.4 Å². The maximum Gasteiger partial charge on any atom is 0.254 e. The third-order valence-electron chi connectivity index (χ3n) is 4.09. The summed E-state index contributed by atoms with van der Waals surface area (Å²) in [7, 11) is 0. The zero-order valence-electron chi connectivity index (χ0n) is 13.9. The van der Waals surface area contributed by atoms with Crippen LogP contribution in [0.5, 0.6) is 0 Å². The molecule has 1 atom stereocenters. The van der Waals surface area contributed by atoms with Crippen LogP contribution >= 0.6 is 0 Å². The van der Waals surface area contributed by atoms with Crippen LogP contribution in [-0.2, 0) is 16.1 Å². The summed E-state index contributed by atoms with van der Waals surface area (Å²) in [6.07, 6.45) is 0.227. The van der Waals surface area contributed by atoms with E-state index in [1.165, 1.54) is 12.1 Å². The molecule has 3 N–H and O–H groups in total. The summed E-state index contributed by atoms with van der Waals surface area (Å²) in [5, 5.41) is 8.01. The van der Waals surface area contributed by atoms with E-state index < -0.39 is 6.04 Å². The average molecular weight is 355 g/mol. The van der Waals surface area contributed by atoms with Crippen LogP contribution < -0.4 is 16.0 Å². The lowest BCUT2D eigenvalue weighted by Gasteiger charge is -2.14. The first-order valence-electron chi connectivity index (χ1n) is 8.25. The van der Waals surface area contributed by atoms with Crippen molar-refractivity contribution in [2.75, 3.05) is 5.32 Å². The van der Waals surface area contributed by atoms with Crippen LogP contribution in [0, 0.1) is 5.82 Å². The second-order valence-corrected chi connectivity index (χ2v) is 6.01. The summed E-state index contributed by atoms with van der Waals surface area (Å²) in [5.41, 5.74) is 1.49. The molecule has 2 aromatic carbocycles. The minimum atomic E-state index is -0.796. The predicted molar refractivity (Wildman–Crippen MR) is 93.8 cm³/mol. The Bertz CT molecular complexity index is 853. The van der Waals surface area contributed by atoms with Gasteiger partial charge in [-0.05, 0) is 36.2 Å². The molecule has 1 aliphatic heterocycles. The van der Waals surface area contributed by atoms with Crippen molar-refractivity contribution in [1.82, 2.24) is 10.6 Å². The van der Waals surface area contributed by atoms with Gasteiger partial charge in [0.1, 0.15) is 11.9 Å². The van der Waals surface area contributed by atoms with E-state index in [9.17, 15) is 18.8 Å². The van der Waals surface area contributed by atoms with Gasteiger partial charge in [0, 0.05) is 13.0 Å².